The fourth-order valence-corrected chi connectivity index (χ4v) is 4.86. The number of hydrogen-bond acceptors (Lipinski definition) is 6. The maximum atomic E-state index is 13.7. The van der Waals surface area contributed by atoms with Gasteiger partial charge in [0.25, 0.3) is 0 Å². The Hall–Kier alpha value is -2.69. The summed E-state index contributed by atoms with van der Waals surface area (Å²) in [6.45, 7) is 4.64. The van der Waals surface area contributed by atoms with Crippen molar-refractivity contribution in [2.75, 3.05) is 31.3 Å². The molecule has 2 atom stereocenters. The summed E-state index contributed by atoms with van der Waals surface area (Å²) in [5.41, 5.74) is 0.585. The molecule has 0 unspecified atom stereocenters. The first kappa shape index (κ1) is 30.5. The molecule has 0 fully saturated rings. The van der Waals surface area contributed by atoms with Gasteiger partial charge in [0.15, 0.2) is 0 Å². The summed E-state index contributed by atoms with van der Waals surface area (Å²) in [5.74, 6) is -0.378. The molecule has 2 amide bonds. The molecule has 0 saturated heterocycles. The average molecular weight is 575 g/mol. The van der Waals surface area contributed by atoms with Crippen LogP contribution >= 0.6 is 23.2 Å². The van der Waals surface area contributed by atoms with Crippen molar-refractivity contribution in [3.8, 4) is 11.5 Å². The summed E-state index contributed by atoms with van der Waals surface area (Å²) in [5, 5.41) is 3.49. The number of rotatable bonds is 12. The van der Waals surface area contributed by atoms with Crippen molar-refractivity contribution in [2.45, 2.75) is 45.8 Å². The second kappa shape index (κ2) is 13.2. The number of carbonyl (C=O) groups excluding carboxylic acids is 2. The van der Waals surface area contributed by atoms with Crippen molar-refractivity contribution in [3.63, 3.8) is 0 Å². The molecule has 0 heterocycles. The van der Waals surface area contributed by atoms with E-state index in [4.69, 9.17) is 32.7 Å². The molecular formula is C25H33Cl2N3O6S. The van der Waals surface area contributed by atoms with Crippen LogP contribution in [0.4, 0.5) is 5.69 Å². The lowest BCUT2D eigenvalue weighted by atomic mass is 10.1. The molecular weight excluding hydrogens is 541 g/mol. The van der Waals surface area contributed by atoms with Crippen LogP contribution in [0.3, 0.4) is 0 Å². The van der Waals surface area contributed by atoms with E-state index in [0.717, 1.165) is 10.6 Å². The molecule has 0 bridgehead atoms. The summed E-state index contributed by atoms with van der Waals surface area (Å²) >= 11 is 12.7. The van der Waals surface area contributed by atoms with Crippen LogP contribution in [0.2, 0.25) is 10.0 Å². The fourth-order valence-electron chi connectivity index (χ4n) is 3.49. The number of nitrogens with one attached hydrogen (secondary N) is 1. The molecule has 2 aromatic rings. The van der Waals surface area contributed by atoms with Crippen molar-refractivity contribution in [3.05, 3.63) is 52.0 Å². The molecule has 0 aliphatic heterocycles. The molecule has 0 aromatic heterocycles. The first-order valence-electron chi connectivity index (χ1n) is 11.6. The van der Waals surface area contributed by atoms with Gasteiger partial charge in [-0.2, -0.15) is 0 Å². The van der Waals surface area contributed by atoms with Crippen molar-refractivity contribution in [1.82, 2.24) is 10.2 Å². The molecule has 0 spiro atoms. The average Bonchev–Trinajstić information content (AvgIpc) is 2.85. The highest BCUT2D eigenvalue weighted by Gasteiger charge is 2.32. The van der Waals surface area contributed by atoms with Crippen LogP contribution in [0.5, 0.6) is 11.5 Å². The van der Waals surface area contributed by atoms with Gasteiger partial charge in [-0.3, -0.25) is 13.9 Å². The summed E-state index contributed by atoms with van der Waals surface area (Å²) < 4.78 is 37.1. The molecule has 37 heavy (non-hydrogen) atoms. The number of ether oxygens (including phenoxy) is 2. The highest BCUT2D eigenvalue weighted by Crippen LogP contribution is 2.34. The number of hydrogen-bond donors (Lipinski definition) is 1. The van der Waals surface area contributed by atoms with Crippen LogP contribution in [0.25, 0.3) is 0 Å². The number of anilines is 1. The highest BCUT2D eigenvalue weighted by atomic mass is 35.5. The predicted octanol–water partition coefficient (Wildman–Crippen LogP) is 4.11. The number of carbonyl (C=O) groups is 2. The lowest BCUT2D eigenvalue weighted by Gasteiger charge is -2.32. The summed E-state index contributed by atoms with van der Waals surface area (Å²) in [7, 11) is -1.09. The number of halogens is 2. The van der Waals surface area contributed by atoms with Gasteiger partial charge in [0, 0.05) is 34.3 Å². The number of nitrogens with zero attached hydrogens (tertiary/aromatic N) is 2. The summed E-state index contributed by atoms with van der Waals surface area (Å²) in [6, 6.07) is 8.41. The Labute approximate surface area is 228 Å². The van der Waals surface area contributed by atoms with E-state index in [2.05, 4.69) is 5.32 Å². The third-order valence-electron chi connectivity index (χ3n) is 5.89. The zero-order chi connectivity index (χ0) is 27.9. The van der Waals surface area contributed by atoms with Crippen molar-refractivity contribution in [2.24, 2.45) is 0 Å². The van der Waals surface area contributed by atoms with E-state index in [-0.39, 0.29) is 29.9 Å². The number of benzene rings is 2. The van der Waals surface area contributed by atoms with Crippen LogP contribution in [-0.4, -0.2) is 64.2 Å². The molecule has 9 nitrogen and oxygen atoms in total. The maximum Gasteiger partial charge on any atom is 0.244 e. The zero-order valence-corrected chi connectivity index (χ0v) is 24.1. The third kappa shape index (κ3) is 7.90. The second-order valence-electron chi connectivity index (χ2n) is 8.52. The minimum atomic E-state index is -3.94. The molecule has 204 valence electrons. The monoisotopic (exact) mass is 573 g/mol. The van der Waals surface area contributed by atoms with E-state index >= 15 is 0 Å². The van der Waals surface area contributed by atoms with Crippen LogP contribution < -0.4 is 19.1 Å². The summed E-state index contributed by atoms with van der Waals surface area (Å²) in [6.07, 6.45) is 1.68. The maximum absolute atomic E-state index is 13.7. The van der Waals surface area contributed by atoms with Gasteiger partial charge in [0.05, 0.1) is 26.2 Å². The zero-order valence-electron chi connectivity index (χ0n) is 21.7. The Kier molecular flexibility index (Phi) is 10.9. The first-order chi connectivity index (χ1) is 17.3. The number of amides is 2. The van der Waals surface area contributed by atoms with Gasteiger partial charge >= 0.3 is 0 Å². The lowest BCUT2D eigenvalue weighted by molar-refractivity contribution is -0.139. The van der Waals surface area contributed by atoms with Gasteiger partial charge in [-0.25, -0.2) is 8.42 Å². The number of methoxy groups -OCH3 is 2. The smallest absolute Gasteiger partial charge is 0.244 e. The SMILES string of the molecule is CC[C@@H](C)NC(=O)[C@H](C)N(Cc1c(Cl)cccc1Cl)C(=O)CN(c1ccc(OC)cc1OC)S(C)(=O)=O. The quantitative estimate of drug-likeness (QED) is 0.409. The lowest BCUT2D eigenvalue weighted by Crippen LogP contribution is -2.52. The minimum absolute atomic E-state index is 0.107. The Balaban J connectivity index is 2.52. The second-order valence-corrected chi connectivity index (χ2v) is 11.2. The number of sulfonamides is 1. The summed E-state index contributed by atoms with van der Waals surface area (Å²) in [4.78, 5) is 28.0. The van der Waals surface area contributed by atoms with E-state index in [1.807, 2.05) is 13.8 Å². The first-order valence-corrected chi connectivity index (χ1v) is 14.2. The third-order valence-corrected chi connectivity index (χ3v) is 7.73. The van der Waals surface area contributed by atoms with Crippen molar-refractivity contribution < 1.29 is 27.5 Å². The van der Waals surface area contributed by atoms with Crippen LogP contribution in [0, 0.1) is 0 Å². The molecule has 12 heteroatoms. The van der Waals surface area contributed by atoms with E-state index in [0.29, 0.717) is 27.8 Å². The molecule has 0 aliphatic carbocycles. The topological polar surface area (TPSA) is 105 Å². The van der Waals surface area contributed by atoms with Gasteiger partial charge < -0.3 is 19.7 Å². The molecule has 2 rings (SSSR count). The van der Waals surface area contributed by atoms with Gasteiger partial charge in [-0.05, 0) is 44.5 Å². The van der Waals surface area contributed by atoms with Crippen molar-refractivity contribution >= 4 is 50.7 Å². The van der Waals surface area contributed by atoms with Gasteiger partial charge in [0.1, 0.15) is 24.1 Å². The Morgan fingerprint density at radius 2 is 1.68 bits per heavy atom. The van der Waals surface area contributed by atoms with Crippen LogP contribution in [0.1, 0.15) is 32.8 Å². The van der Waals surface area contributed by atoms with Crippen LogP contribution in [-0.2, 0) is 26.2 Å². The normalized spacial score (nSPS) is 12.9. The van der Waals surface area contributed by atoms with Gasteiger partial charge in [-0.15, -0.1) is 0 Å². The Morgan fingerprint density at radius 1 is 1.05 bits per heavy atom. The largest absolute Gasteiger partial charge is 0.497 e. The Morgan fingerprint density at radius 3 is 2.19 bits per heavy atom. The van der Waals surface area contributed by atoms with E-state index < -0.39 is 28.5 Å². The molecule has 0 aliphatic rings. The highest BCUT2D eigenvalue weighted by molar-refractivity contribution is 7.92. The standard InChI is InChI=1S/C25H33Cl2N3O6S/c1-7-16(2)28-25(32)17(3)29(14-19-20(26)9-8-10-21(19)27)24(31)15-30(37(6,33)34)22-12-11-18(35-4)13-23(22)36-5/h8-13,16-17H,7,14-15H2,1-6H3,(H,28,32)/t16-,17+/m1/s1. The van der Waals surface area contributed by atoms with Crippen LogP contribution in [0.15, 0.2) is 36.4 Å². The van der Waals surface area contributed by atoms with E-state index in [1.54, 1.807) is 31.2 Å². The molecule has 2 aromatic carbocycles. The fraction of sp³-hybridized carbons (Fsp3) is 0.440. The molecule has 0 saturated carbocycles. The van der Waals surface area contributed by atoms with Crippen molar-refractivity contribution in [1.29, 1.82) is 0 Å². The molecule has 0 radical (unpaired) electrons. The van der Waals surface area contributed by atoms with Gasteiger partial charge in [-0.1, -0.05) is 36.2 Å². The molecule has 1 N–H and O–H groups in total. The van der Waals surface area contributed by atoms with Gasteiger partial charge in [0.2, 0.25) is 21.8 Å². The van der Waals surface area contributed by atoms with E-state index in [9.17, 15) is 18.0 Å². The van der Waals surface area contributed by atoms with E-state index in [1.165, 1.54) is 31.3 Å². The predicted molar refractivity (Wildman–Crippen MR) is 146 cm³/mol. The Bertz CT molecular complexity index is 1200. The minimum Gasteiger partial charge on any atom is -0.497 e.